The van der Waals surface area contributed by atoms with E-state index in [0.29, 0.717) is 0 Å². The van der Waals surface area contributed by atoms with Gasteiger partial charge in [-0.3, -0.25) is 0 Å². The van der Waals surface area contributed by atoms with Crippen LogP contribution in [0.5, 0.6) is 0 Å². The van der Waals surface area contributed by atoms with E-state index in [1.807, 2.05) is 29.8 Å². The molecule has 0 amide bonds. The molecule has 4 nitrogen and oxygen atoms in total. The Hall–Kier alpha value is -2.62. The number of aryl methyl sites for hydroxylation is 2. The van der Waals surface area contributed by atoms with Crippen LogP contribution in [0.2, 0.25) is 0 Å². The van der Waals surface area contributed by atoms with Crippen molar-refractivity contribution in [1.29, 1.82) is 0 Å². The molecule has 0 aliphatic carbocycles. The number of aromatic nitrogens is 4. The minimum atomic E-state index is 0.881. The molecule has 0 fully saturated rings. The first-order chi connectivity index (χ1) is 9.72. The highest BCUT2D eigenvalue weighted by atomic mass is 15.2. The van der Waals surface area contributed by atoms with Gasteiger partial charge in [0.25, 0.3) is 0 Å². The van der Waals surface area contributed by atoms with Gasteiger partial charge in [0.1, 0.15) is 0 Å². The topological polar surface area (TPSA) is 35.1 Å². The van der Waals surface area contributed by atoms with Gasteiger partial charge in [-0.1, -0.05) is 18.2 Å². The quantitative estimate of drug-likeness (QED) is 0.528. The first kappa shape index (κ1) is 11.2. The molecular weight excluding hydrogens is 248 g/mol. The molecule has 0 radical (unpaired) electrons. The van der Waals surface area contributed by atoms with Crippen LogP contribution in [-0.4, -0.2) is 19.2 Å². The van der Waals surface area contributed by atoms with E-state index in [2.05, 4.69) is 52.2 Å². The summed E-state index contributed by atoms with van der Waals surface area (Å²) in [7, 11) is 2.06. The zero-order chi connectivity index (χ0) is 13.7. The Morgan fingerprint density at radius 1 is 1.00 bits per heavy atom. The number of hydrogen-bond donors (Lipinski definition) is 0. The smallest absolute Gasteiger partial charge is 0.153 e. The third kappa shape index (κ3) is 1.54. The lowest BCUT2D eigenvalue weighted by atomic mass is 10.1. The highest BCUT2D eigenvalue weighted by molar-refractivity contribution is 5.95. The maximum Gasteiger partial charge on any atom is 0.153 e. The van der Waals surface area contributed by atoms with Crippen LogP contribution in [0.25, 0.3) is 27.8 Å². The van der Waals surface area contributed by atoms with Crippen molar-refractivity contribution in [3.8, 4) is 11.3 Å². The van der Waals surface area contributed by atoms with Crippen LogP contribution >= 0.6 is 0 Å². The first-order valence-corrected chi connectivity index (χ1v) is 6.60. The van der Waals surface area contributed by atoms with E-state index < -0.39 is 0 Å². The minimum absolute atomic E-state index is 0.881. The molecule has 1 aromatic carbocycles. The lowest BCUT2D eigenvalue weighted by molar-refractivity contribution is 0.936. The fourth-order valence-corrected chi connectivity index (χ4v) is 2.69. The van der Waals surface area contributed by atoms with Crippen molar-refractivity contribution in [1.82, 2.24) is 19.2 Å². The van der Waals surface area contributed by atoms with Crippen LogP contribution in [0, 0.1) is 6.92 Å². The molecule has 0 spiro atoms. The molecule has 0 saturated heterocycles. The standard InChI is InChI=1S/C16H14N4/c1-11-9-20-16(17-11)8-7-14(18-20)13-10-19(2)15-6-4-3-5-12(13)15/h3-10H,1-2H3. The summed E-state index contributed by atoms with van der Waals surface area (Å²) in [4.78, 5) is 4.41. The fraction of sp³-hybridized carbons (Fsp3) is 0.125. The molecule has 3 heterocycles. The van der Waals surface area contributed by atoms with E-state index in [1.165, 1.54) is 10.9 Å². The Labute approximate surface area is 116 Å². The Balaban J connectivity index is 2.00. The molecule has 4 rings (SSSR count). The van der Waals surface area contributed by atoms with Gasteiger partial charge in [0.05, 0.1) is 17.6 Å². The van der Waals surface area contributed by atoms with Gasteiger partial charge >= 0.3 is 0 Å². The molecule has 0 unspecified atom stereocenters. The monoisotopic (exact) mass is 262 g/mol. The average molecular weight is 262 g/mol. The van der Waals surface area contributed by atoms with E-state index in [1.54, 1.807) is 0 Å². The zero-order valence-corrected chi connectivity index (χ0v) is 11.4. The number of imidazole rings is 1. The molecular formula is C16H14N4. The SMILES string of the molecule is Cc1cn2nc(-c3cn(C)c4ccccc34)ccc2n1. The third-order valence-corrected chi connectivity index (χ3v) is 3.61. The number of hydrogen-bond acceptors (Lipinski definition) is 2. The van der Waals surface area contributed by atoms with Crippen LogP contribution in [0.1, 0.15) is 5.69 Å². The van der Waals surface area contributed by atoms with Crippen LogP contribution in [0.15, 0.2) is 48.8 Å². The summed E-state index contributed by atoms with van der Waals surface area (Å²) in [5.41, 5.74) is 5.19. The van der Waals surface area contributed by atoms with Gasteiger partial charge in [0.2, 0.25) is 0 Å². The van der Waals surface area contributed by atoms with Gasteiger partial charge in [0, 0.05) is 29.7 Å². The number of para-hydroxylation sites is 1. The van der Waals surface area contributed by atoms with Crippen molar-refractivity contribution in [3.63, 3.8) is 0 Å². The van der Waals surface area contributed by atoms with E-state index in [4.69, 9.17) is 0 Å². The molecule has 20 heavy (non-hydrogen) atoms. The number of nitrogens with zero attached hydrogens (tertiary/aromatic N) is 4. The molecule has 0 aliphatic rings. The first-order valence-electron chi connectivity index (χ1n) is 6.60. The molecule has 0 aliphatic heterocycles. The second kappa shape index (κ2) is 3.93. The summed E-state index contributed by atoms with van der Waals surface area (Å²) in [6.07, 6.45) is 4.08. The van der Waals surface area contributed by atoms with Crippen molar-refractivity contribution in [2.45, 2.75) is 6.92 Å². The largest absolute Gasteiger partial charge is 0.350 e. The third-order valence-electron chi connectivity index (χ3n) is 3.61. The maximum atomic E-state index is 4.67. The van der Waals surface area contributed by atoms with Gasteiger partial charge in [-0.2, -0.15) is 5.10 Å². The van der Waals surface area contributed by atoms with E-state index in [0.717, 1.165) is 22.6 Å². The summed E-state index contributed by atoms with van der Waals surface area (Å²) in [6.45, 7) is 1.98. The lowest BCUT2D eigenvalue weighted by Gasteiger charge is -1.99. The summed E-state index contributed by atoms with van der Waals surface area (Å²) in [5, 5.41) is 5.89. The van der Waals surface area contributed by atoms with Crippen LogP contribution in [-0.2, 0) is 7.05 Å². The Morgan fingerprint density at radius 3 is 2.75 bits per heavy atom. The predicted molar refractivity (Wildman–Crippen MR) is 79.6 cm³/mol. The van der Waals surface area contributed by atoms with Gasteiger partial charge < -0.3 is 4.57 Å². The lowest BCUT2D eigenvalue weighted by Crippen LogP contribution is -1.92. The molecule has 4 heteroatoms. The highest BCUT2D eigenvalue weighted by Crippen LogP contribution is 2.28. The second-order valence-electron chi connectivity index (χ2n) is 5.07. The summed E-state index contributed by atoms with van der Waals surface area (Å²) in [6, 6.07) is 12.4. The Bertz CT molecular complexity index is 930. The van der Waals surface area contributed by atoms with Gasteiger partial charge in [0.15, 0.2) is 5.65 Å². The average Bonchev–Trinajstić information content (AvgIpc) is 2.98. The van der Waals surface area contributed by atoms with Crippen LogP contribution in [0.3, 0.4) is 0 Å². The number of rotatable bonds is 1. The number of benzene rings is 1. The van der Waals surface area contributed by atoms with Crippen molar-refractivity contribution < 1.29 is 0 Å². The van der Waals surface area contributed by atoms with E-state index in [-0.39, 0.29) is 0 Å². The van der Waals surface area contributed by atoms with Gasteiger partial charge in [-0.25, -0.2) is 9.50 Å². The van der Waals surface area contributed by atoms with Crippen LogP contribution < -0.4 is 0 Å². The normalized spacial score (nSPS) is 11.5. The fourth-order valence-electron chi connectivity index (χ4n) is 2.69. The summed E-state index contributed by atoms with van der Waals surface area (Å²) >= 11 is 0. The summed E-state index contributed by atoms with van der Waals surface area (Å²) in [5.74, 6) is 0. The Kier molecular flexibility index (Phi) is 2.21. The zero-order valence-electron chi connectivity index (χ0n) is 11.4. The van der Waals surface area contributed by atoms with Crippen molar-refractivity contribution in [3.05, 3.63) is 54.5 Å². The number of fused-ring (bicyclic) bond motifs is 2. The molecule has 0 atom stereocenters. The van der Waals surface area contributed by atoms with Crippen molar-refractivity contribution in [2.75, 3.05) is 0 Å². The molecule has 3 aromatic heterocycles. The molecule has 0 bridgehead atoms. The minimum Gasteiger partial charge on any atom is -0.350 e. The second-order valence-corrected chi connectivity index (χ2v) is 5.07. The molecule has 98 valence electrons. The van der Waals surface area contributed by atoms with Crippen LogP contribution in [0.4, 0.5) is 0 Å². The van der Waals surface area contributed by atoms with Crippen molar-refractivity contribution >= 4 is 16.6 Å². The highest BCUT2D eigenvalue weighted by Gasteiger charge is 2.10. The Morgan fingerprint density at radius 2 is 1.85 bits per heavy atom. The van der Waals surface area contributed by atoms with E-state index in [9.17, 15) is 0 Å². The van der Waals surface area contributed by atoms with Crippen molar-refractivity contribution in [2.24, 2.45) is 7.05 Å². The predicted octanol–water partition coefficient (Wildman–Crippen LogP) is 3.20. The maximum absolute atomic E-state index is 4.67. The molecule has 0 N–H and O–H groups in total. The summed E-state index contributed by atoms with van der Waals surface area (Å²) < 4.78 is 3.97. The molecule has 0 saturated carbocycles. The van der Waals surface area contributed by atoms with E-state index >= 15 is 0 Å². The van der Waals surface area contributed by atoms with Gasteiger partial charge in [-0.05, 0) is 25.1 Å². The molecule has 4 aromatic rings. The van der Waals surface area contributed by atoms with Gasteiger partial charge in [-0.15, -0.1) is 0 Å².